The van der Waals surface area contributed by atoms with Crippen molar-refractivity contribution in [1.29, 1.82) is 0 Å². The van der Waals surface area contributed by atoms with Gasteiger partial charge < -0.3 is 15.2 Å². The molecule has 0 radical (unpaired) electrons. The highest BCUT2D eigenvalue weighted by atomic mass is 35.5. The van der Waals surface area contributed by atoms with Crippen LogP contribution in [-0.4, -0.2) is 12.5 Å². The fraction of sp³-hybridized carbons (Fsp3) is 0.400. The zero-order valence-corrected chi connectivity index (χ0v) is 10.0. The lowest BCUT2D eigenvalue weighted by atomic mass is 10.0. The molecule has 1 aliphatic heterocycles. The quantitative estimate of drug-likeness (QED) is 0.852. The Morgan fingerprint density at radius 1 is 1.16 bits per heavy atom. The molecule has 3 nitrogen and oxygen atoms in total. The molecule has 0 fully saturated rings. The van der Waals surface area contributed by atoms with Crippen molar-refractivity contribution in [3.8, 4) is 11.5 Å². The van der Waals surface area contributed by atoms with Crippen molar-refractivity contribution in [3.05, 3.63) is 23.8 Å². The van der Waals surface area contributed by atoms with E-state index >= 15 is 0 Å². The molecule has 1 aromatic rings. The summed E-state index contributed by atoms with van der Waals surface area (Å²) in [5.74, 6) is -0.557. The number of nitrogens with two attached hydrogens (primary N) is 1. The zero-order valence-electron chi connectivity index (χ0n) is 9.21. The first-order chi connectivity index (χ1) is 8.16. The molecule has 2 N–H and O–H groups in total. The summed E-state index contributed by atoms with van der Waals surface area (Å²) in [6.07, 6.45) is -9.47. The Hall–Kier alpha value is -1.28. The maximum atomic E-state index is 12.7. The summed E-state index contributed by atoms with van der Waals surface area (Å²) >= 11 is 0. The minimum absolute atomic E-state index is 0. The van der Waals surface area contributed by atoms with Crippen LogP contribution in [0.15, 0.2) is 18.2 Å². The van der Waals surface area contributed by atoms with Gasteiger partial charge in [0.25, 0.3) is 0 Å². The van der Waals surface area contributed by atoms with Crippen molar-refractivity contribution >= 4 is 12.4 Å². The second-order valence-corrected chi connectivity index (χ2v) is 3.80. The highest BCUT2D eigenvalue weighted by molar-refractivity contribution is 5.85. The molecule has 0 unspecified atom stereocenters. The molecule has 0 amide bonds. The Labute approximate surface area is 110 Å². The number of halogens is 6. The van der Waals surface area contributed by atoms with Gasteiger partial charge in [0.05, 0.1) is 6.42 Å². The number of alkyl halides is 5. The van der Waals surface area contributed by atoms with E-state index in [-0.39, 0.29) is 29.5 Å². The Balaban J connectivity index is 0.00000180. The molecule has 1 aliphatic rings. The fourth-order valence-electron chi connectivity index (χ4n) is 1.56. The molecule has 19 heavy (non-hydrogen) atoms. The van der Waals surface area contributed by atoms with E-state index in [0.29, 0.717) is 0 Å². The van der Waals surface area contributed by atoms with E-state index < -0.39 is 24.9 Å². The number of hydrogen-bond donors (Lipinski definition) is 1. The van der Waals surface area contributed by atoms with E-state index in [1.807, 2.05) is 0 Å². The third kappa shape index (κ3) is 3.84. The second kappa shape index (κ2) is 5.01. The SMILES string of the molecule is Cl.N[C@H](CC(F)(F)F)c1ccc2c(c1)OC(F)(F)O2. The molecular formula is C10H9ClF5NO2. The highest BCUT2D eigenvalue weighted by Crippen LogP contribution is 2.42. The van der Waals surface area contributed by atoms with Gasteiger partial charge in [-0.1, -0.05) is 6.07 Å². The molecule has 0 aliphatic carbocycles. The summed E-state index contributed by atoms with van der Waals surface area (Å²) in [6.45, 7) is 0. The molecular weight excluding hydrogens is 297 g/mol. The normalized spacial score (nSPS) is 17.8. The molecule has 0 saturated heterocycles. The largest absolute Gasteiger partial charge is 0.586 e. The van der Waals surface area contributed by atoms with Crippen LogP contribution in [0, 0.1) is 0 Å². The summed E-state index contributed by atoms with van der Waals surface area (Å²) in [5.41, 5.74) is 5.39. The second-order valence-electron chi connectivity index (χ2n) is 3.80. The lowest BCUT2D eigenvalue weighted by Crippen LogP contribution is -2.26. The van der Waals surface area contributed by atoms with E-state index in [9.17, 15) is 22.0 Å². The molecule has 108 valence electrons. The average molecular weight is 306 g/mol. The van der Waals surface area contributed by atoms with Crippen LogP contribution >= 0.6 is 12.4 Å². The number of hydrogen-bond acceptors (Lipinski definition) is 3. The van der Waals surface area contributed by atoms with E-state index in [1.54, 1.807) is 0 Å². The van der Waals surface area contributed by atoms with E-state index in [1.165, 1.54) is 6.07 Å². The van der Waals surface area contributed by atoms with Crippen LogP contribution in [0.25, 0.3) is 0 Å². The van der Waals surface area contributed by atoms with Crippen LogP contribution in [0.5, 0.6) is 11.5 Å². The standard InChI is InChI=1S/C10H8F5NO2.ClH/c11-9(12,13)4-6(16)5-1-2-7-8(3-5)18-10(14,15)17-7;/h1-3,6H,4,16H2;1H/t6-;/m1./s1. The predicted molar refractivity (Wildman–Crippen MR) is 57.5 cm³/mol. The number of benzene rings is 1. The van der Waals surface area contributed by atoms with Gasteiger partial charge in [-0.15, -0.1) is 21.2 Å². The first kappa shape index (κ1) is 15.8. The van der Waals surface area contributed by atoms with Crippen LogP contribution in [0.4, 0.5) is 22.0 Å². The van der Waals surface area contributed by atoms with Crippen LogP contribution in [0.2, 0.25) is 0 Å². The van der Waals surface area contributed by atoms with E-state index in [0.717, 1.165) is 12.1 Å². The van der Waals surface area contributed by atoms with Crippen LogP contribution in [0.3, 0.4) is 0 Å². The first-order valence-corrected chi connectivity index (χ1v) is 4.88. The maximum Gasteiger partial charge on any atom is 0.586 e. The topological polar surface area (TPSA) is 44.5 Å². The average Bonchev–Trinajstić information content (AvgIpc) is 2.47. The lowest BCUT2D eigenvalue weighted by molar-refractivity contribution is -0.286. The summed E-state index contributed by atoms with van der Waals surface area (Å²) < 4.78 is 70.0. The van der Waals surface area contributed by atoms with Crippen LogP contribution < -0.4 is 15.2 Å². The van der Waals surface area contributed by atoms with E-state index in [4.69, 9.17) is 5.73 Å². The Morgan fingerprint density at radius 3 is 2.32 bits per heavy atom. The molecule has 1 aromatic carbocycles. The van der Waals surface area contributed by atoms with Gasteiger partial charge in [0.1, 0.15) is 0 Å². The van der Waals surface area contributed by atoms with Gasteiger partial charge in [-0.25, -0.2) is 0 Å². The third-order valence-corrected chi connectivity index (χ3v) is 2.30. The molecule has 2 rings (SSSR count). The smallest absolute Gasteiger partial charge is 0.395 e. The zero-order chi connectivity index (χ0) is 13.6. The van der Waals surface area contributed by atoms with Gasteiger partial charge in [0.2, 0.25) is 0 Å². The van der Waals surface area contributed by atoms with Gasteiger partial charge >= 0.3 is 12.5 Å². The molecule has 0 spiro atoms. The van der Waals surface area contributed by atoms with Crippen molar-refractivity contribution < 1.29 is 31.4 Å². The molecule has 9 heteroatoms. The predicted octanol–water partition coefficient (Wildman–Crippen LogP) is 3.38. The van der Waals surface area contributed by atoms with Crippen molar-refractivity contribution in [1.82, 2.24) is 0 Å². The Bertz CT molecular complexity index is 466. The van der Waals surface area contributed by atoms with Gasteiger partial charge in [-0.05, 0) is 17.7 Å². The first-order valence-electron chi connectivity index (χ1n) is 4.88. The molecule has 0 bridgehead atoms. The molecule has 0 aromatic heterocycles. The van der Waals surface area contributed by atoms with Gasteiger partial charge in [-0.3, -0.25) is 0 Å². The van der Waals surface area contributed by atoms with Gasteiger partial charge in [0.15, 0.2) is 11.5 Å². The fourth-order valence-corrected chi connectivity index (χ4v) is 1.56. The van der Waals surface area contributed by atoms with Crippen molar-refractivity contribution in [3.63, 3.8) is 0 Å². The summed E-state index contributed by atoms with van der Waals surface area (Å²) in [4.78, 5) is 0. The van der Waals surface area contributed by atoms with Gasteiger partial charge in [-0.2, -0.15) is 13.2 Å². The van der Waals surface area contributed by atoms with E-state index in [2.05, 4.69) is 9.47 Å². The monoisotopic (exact) mass is 305 g/mol. The Kier molecular flexibility index (Phi) is 4.16. The van der Waals surface area contributed by atoms with Crippen molar-refractivity contribution in [2.45, 2.75) is 24.9 Å². The van der Waals surface area contributed by atoms with Crippen molar-refractivity contribution in [2.75, 3.05) is 0 Å². The summed E-state index contributed by atoms with van der Waals surface area (Å²) in [7, 11) is 0. The van der Waals surface area contributed by atoms with Crippen LogP contribution in [-0.2, 0) is 0 Å². The minimum Gasteiger partial charge on any atom is -0.395 e. The maximum absolute atomic E-state index is 12.7. The summed E-state index contributed by atoms with van der Waals surface area (Å²) in [6, 6.07) is 1.97. The number of ether oxygens (including phenoxy) is 2. The van der Waals surface area contributed by atoms with Gasteiger partial charge in [0, 0.05) is 6.04 Å². The highest BCUT2D eigenvalue weighted by Gasteiger charge is 2.43. The molecule has 0 saturated carbocycles. The number of fused-ring (bicyclic) bond motifs is 1. The molecule has 1 atom stereocenters. The third-order valence-electron chi connectivity index (χ3n) is 2.30. The Morgan fingerprint density at radius 2 is 1.74 bits per heavy atom. The number of rotatable bonds is 2. The van der Waals surface area contributed by atoms with Crippen molar-refractivity contribution in [2.24, 2.45) is 5.73 Å². The molecule has 1 heterocycles. The minimum atomic E-state index is -4.43. The summed E-state index contributed by atoms with van der Waals surface area (Å²) in [5, 5.41) is 0. The van der Waals surface area contributed by atoms with Crippen LogP contribution in [0.1, 0.15) is 18.0 Å². The lowest BCUT2D eigenvalue weighted by Gasteiger charge is -2.14.